The molecule has 0 fully saturated rings. The molecule has 0 saturated carbocycles. The number of benzene rings is 2. The number of anilines is 1. The molecule has 0 bridgehead atoms. The van der Waals surface area contributed by atoms with Gasteiger partial charge in [-0.3, -0.25) is 0 Å². The number of ether oxygens (including phenoxy) is 1. The molecular formula is C17H18FNO. The molecule has 20 heavy (non-hydrogen) atoms. The molecule has 0 aromatic heterocycles. The van der Waals surface area contributed by atoms with Gasteiger partial charge in [-0.05, 0) is 49.1 Å². The topological polar surface area (TPSA) is 21.3 Å². The summed E-state index contributed by atoms with van der Waals surface area (Å²) in [5.41, 5.74) is 2.94. The lowest BCUT2D eigenvalue weighted by Gasteiger charge is -2.16. The normalized spacial score (nSPS) is 16.8. The van der Waals surface area contributed by atoms with Crippen molar-refractivity contribution in [3.8, 4) is 5.75 Å². The monoisotopic (exact) mass is 271 g/mol. The Labute approximate surface area is 118 Å². The van der Waals surface area contributed by atoms with E-state index in [4.69, 9.17) is 4.74 Å². The van der Waals surface area contributed by atoms with Crippen LogP contribution in [0.1, 0.15) is 30.5 Å². The van der Waals surface area contributed by atoms with Crippen LogP contribution in [0.15, 0.2) is 42.5 Å². The molecule has 0 spiro atoms. The molecule has 3 rings (SSSR count). The molecule has 2 aromatic rings. The SMILES string of the molecule is CCOc1cccc(NC2CCc3c(F)cccc32)c1. The van der Waals surface area contributed by atoms with Gasteiger partial charge in [-0.2, -0.15) is 0 Å². The van der Waals surface area contributed by atoms with E-state index in [1.165, 1.54) is 6.07 Å². The molecule has 104 valence electrons. The number of nitrogens with one attached hydrogen (secondary N) is 1. The van der Waals surface area contributed by atoms with Crippen molar-refractivity contribution in [2.45, 2.75) is 25.8 Å². The Morgan fingerprint density at radius 3 is 2.95 bits per heavy atom. The molecule has 3 heteroatoms. The first-order valence-electron chi connectivity index (χ1n) is 7.04. The van der Waals surface area contributed by atoms with E-state index >= 15 is 0 Å². The molecule has 0 aliphatic heterocycles. The fraction of sp³-hybridized carbons (Fsp3) is 0.294. The molecule has 0 saturated heterocycles. The van der Waals surface area contributed by atoms with Gasteiger partial charge in [0, 0.05) is 11.8 Å². The molecule has 1 N–H and O–H groups in total. The minimum Gasteiger partial charge on any atom is -0.494 e. The Kier molecular flexibility index (Phi) is 3.59. The molecule has 1 unspecified atom stereocenters. The van der Waals surface area contributed by atoms with Crippen molar-refractivity contribution in [2.24, 2.45) is 0 Å². The summed E-state index contributed by atoms with van der Waals surface area (Å²) in [7, 11) is 0. The summed E-state index contributed by atoms with van der Waals surface area (Å²) in [6, 6.07) is 13.4. The Morgan fingerprint density at radius 2 is 2.10 bits per heavy atom. The van der Waals surface area contributed by atoms with Crippen LogP contribution < -0.4 is 10.1 Å². The van der Waals surface area contributed by atoms with Crippen LogP contribution in [0.5, 0.6) is 5.75 Å². The predicted molar refractivity (Wildman–Crippen MR) is 78.7 cm³/mol. The fourth-order valence-corrected chi connectivity index (χ4v) is 2.80. The first-order valence-corrected chi connectivity index (χ1v) is 7.04. The summed E-state index contributed by atoms with van der Waals surface area (Å²) in [5.74, 6) is 0.768. The van der Waals surface area contributed by atoms with E-state index in [1.54, 1.807) is 6.07 Å². The zero-order chi connectivity index (χ0) is 13.9. The van der Waals surface area contributed by atoms with Crippen molar-refractivity contribution >= 4 is 5.69 Å². The van der Waals surface area contributed by atoms with E-state index in [2.05, 4.69) is 5.32 Å². The maximum Gasteiger partial charge on any atom is 0.126 e. The van der Waals surface area contributed by atoms with Crippen LogP contribution >= 0.6 is 0 Å². The lowest BCUT2D eigenvalue weighted by molar-refractivity contribution is 0.340. The second-order valence-corrected chi connectivity index (χ2v) is 5.00. The third-order valence-electron chi connectivity index (χ3n) is 3.70. The van der Waals surface area contributed by atoms with Gasteiger partial charge < -0.3 is 10.1 Å². The highest BCUT2D eigenvalue weighted by Crippen LogP contribution is 2.35. The molecule has 0 radical (unpaired) electrons. The minimum atomic E-state index is -0.0881. The van der Waals surface area contributed by atoms with E-state index in [1.807, 2.05) is 37.3 Å². The Hall–Kier alpha value is -2.03. The highest BCUT2D eigenvalue weighted by atomic mass is 19.1. The van der Waals surface area contributed by atoms with Gasteiger partial charge in [0.1, 0.15) is 11.6 Å². The van der Waals surface area contributed by atoms with Crippen LogP contribution in [-0.2, 0) is 6.42 Å². The zero-order valence-electron chi connectivity index (χ0n) is 11.5. The van der Waals surface area contributed by atoms with Crippen LogP contribution in [0.3, 0.4) is 0 Å². The van der Waals surface area contributed by atoms with Gasteiger partial charge in [-0.15, -0.1) is 0 Å². The minimum absolute atomic E-state index is 0.0881. The largest absolute Gasteiger partial charge is 0.494 e. The van der Waals surface area contributed by atoms with Gasteiger partial charge >= 0.3 is 0 Å². The van der Waals surface area contributed by atoms with E-state index in [0.717, 1.165) is 35.4 Å². The van der Waals surface area contributed by atoms with Gasteiger partial charge in [0.05, 0.1) is 12.6 Å². The molecule has 2 aromatic carbocycles. The summed E-state index contributed by atoms with van der Waals surface area (Å²) in [6.45, 7) is 2.62. The van der Waals surface area contributed by atoms with Crippen LogP contribution in [0.25, 0.3) is 0 Å². The third-order valence-corrected chi connectivity index (χ3v) is 3.70. The van der Waals surface area contributed by atoms with Gasteiger partial charge in [0.15, 0.2) is 0 Å². The van der Waals surface area contributed by atoms with E-state index in [0.29, 0.717) is 6.61 Å². The summed E-state index contributed by atoms with van der Waals surface area (Å²) in [5, 5.41) is 3.48. The van der Waals surface area contributed by atoms with Crippen molar-refractivity contribution < 1.29 is 9.13 Å². The second-order valence-electron chi connectivity index (χ2n) is 5.00. The Morgan fingerprint density at radius 1 is 1.25 bits per heavy atom. The number of rotatable bonds is 4. The molecular weight excluding hydrogens is 253 g/mol. The smallest absolute Gasteiger partial charge is 0.126 e. The maximum atomic E-state index is 13.7. The van der Waals surface area contributed by atoms with Gasteiger partial charge in [0.2, 0.25) is 0 Å². The van der Waals surface area contributed by atoms with E-state index in [9.17, 15) is 4.39 Å². The molecule has 2 nitrogen and oxygen atoms in total. The lowest BCUT2D eigenvalue weighted by Crippen LogP contribution is -2.07. The van der Waals surface area contributed by atoms with Gasteiger partial charge in [-0.1, -0.05) is 18.2 Å². The average Bonchev–Trinajstić information content (AvgIpc) is 2.84. The lowest BCUT2D eigenvalue weighted by atomic mass is 10.1. The summed E-state index contributed by atoms with van der Waals surface area (Å²) < 4.78 is 19.2. The first-order chi connectivity index (χ1) is 9.78. The number of fused-ring (bicyclic) bond motifs is 1. The highest BCUT2D eigenvalue weighted by molar-refractivity contribution is 5.51. The number of hydrogen-bond donors (Lipinski definition) is 1. The van der Waals surface area contributed by atoms with Crippen molar-refractivity contribution in [1.29, 1.82) is 0 Å². The predicted octanol–water partition coefficient (Wildman–Crippen LogP) is 4.32. The van der Waals surface area contributed by atoms with Crippen LogP contribution in [0.2, 0.25) is 0 Å². The summed E-state index contributed by atoms with van der Waals surface area (Å²) >= 11 is 0. The Balaban J connectivity index is 1.80. The standard InChI is InChI=1S/C17H18FNO/c1-2-20-13-6-3-5-12(11-13)19-17-10-9-14-15(17)7-4-8-16(14)18/h3-8,11,17,19H,2,9-10H2,1H3. The zero-order valence-corrected chi connectivity index (χ0v) is 11.5. The van der Waals surface area contributed by atoms with E-state index < -0.39 is 0 Å². The van der Waals surface area contributed by atoms with Crippen molar-refractivity contribution in [3.63, 3.8) is 0 Å². The third kappa shape index (κ3) is 2.48. The number of halogens is 1. The average molecular weight is 271 g/mol. The molecule has 1 atom stereocenters. The summed E-state index contributed by atoms with van der Waals surface area (Å²) in [4.78, 5) is 0. The van der Waals surface area contributed by atoms with Crippen molar-refractivity contribution in [3.05, 3.63) is 59.4 Å². The van der Waals surface area contributed by atoms with Gasteiger partial charge in [-0.25, -0.2) is 4.39 Å². The van der Waals surface area contributed by atoms with Gasteiger partial charge in [0.25, 0.3) is 0 Å². The maximum absolute atomic E-state index is 13.7. The fourth-order valence-electron chi connectivity index (χ4n) is 2.80. The molecule has 0 amide bonds. The summed E-state index contributed by atoms with van der Waals surface area (Å²) in [6.07, 6.45) is 1.72. The molecule has 1 aliphatic carbocycles. The molecule has 1 aliphatic rings. The van der Waals surface area contributed by atoms with Crippen LogP contribution in [0, 0.1) is 5.82 Å². The quantitative estimate of drug-likeness (QED) is 0.894. The van der Waals surface area contributed by atoms with E-state index in [-0.39, 0.29) is 11.9 Å². The number of hydrogen-bond acceptors (Lipinski definition) is 2. The van der Waals surface area contributed by atoms with Crippen molar-refractivity contribution in [1.82, 2.24) is 0 Å². The van der Waals surface area contributed by atoms with Crippen LogP contribution in [-0.4, -0.2) is 6.61 Å². The van der Waals surface area contributed by atoms with Crippen LogP contribution in [0.4, 0.5) is 10.1 Å². The van der Waals surface area contributed by atoms with Crippen molar-refractivity contribution in [2.75, 3.05) is 11.9 Å². The Bertz CT molecular complexity index is 612. The second kappa shape index (κ2) is 5.53. The highest BCUT2D eigenvalue weighted by Gasteiger charge is 2.24. The first kappa shape index (κ1) is 13.0. The molecule has 0 heterocycles.